The summed E-state index contributed by atoms with van der Waals surface area (Å²) in [6, 6.07) is 10.6. The maximum Gasteiger partial charge on any atom is 0.191 e. The van der Waals surface area contributed by atoms with E-state index in [2.05, 4.69) is 51.1 Å². The SMILES string of the molecule is CCNC(=NCc1cnn(Cc2ccccc2)c1)NC1CCc2nc(COC)nn2C1. The molecule has 1 aliphatic heterocycles. The smallest absolute Gasteiger partial charge is 0.191 e. The first-order valence-corrected chi connectivity index (χ1v) is 10.7. The Balaban J connectivity index is 1.35. The Bertz CT molecular complexity index is 994. The topological polar surface area (TPSA) is 94.2 Å². The highest BCUT2D eigenvalue weighted by molar-refractivity contribution is 5.80. The molecule has 1 atom stereocenters. The Morgan fingerprint density at radius 1 is 1.26 bits per heavy atom. The molecule has 0 radical (unpaired) electrons. The van der Waals surface area contributed by atoms with Crippen molar-refractivity contribution < 1.29 is 4.74 Å². The average molecular weight is 423 g/mol. The van der Waals surface area contributed by atoms with Gasteiger partial charge in [0.05, 0.1) is 25.8 Å². The van der Waals surface area contributed by atoms with Crippen LogP contribution in [0, 0.1) is 0 Å². The number of benzene rings is 1. The molecule has 0 aliphatic carbocycles. The highest BCUT2D eigenvalue weighted by atomic mass is 16.5. The van der Waals surface area contributed by atoms with Gasteiger partial charge in [-0.25, -0.2) is 14.7 Å². The maximum absolute atomic E-state index is 5.15. The minimum atomic E-state index is 0.253. The highest BCUT2D eigenvalue weighted by Crippen LogP contribution is 2.13. The van der Waals surface area contributed by atoms with Gasteiger partial charge in [0.15, 0.2) is 11.8 Å². The van der Waals surface area contributed by atoms with E-state index in [4.69, 9.17) is 9.73 Å². The second-order valence-corrected chi connectivity index (χ2v) is 7.67. The van der Waals surface area contributed by atoms with E-state index >= 15 is 0 Å². The van der Waals surface area contributed by atoms with Crippen LogP contribution >= 0.6 is 0 Å². The molecule has 1 aliphatic rings. The van der Waals surface area contributed by atoms with Crippen LogP contribution in [0.15, 0.2) is 47.7 Å². The van der Waals surface area contributed by atoms with Gasteiger partial charge in [0, 0.05) is 37.9 Å². The molecular formula is C22H30N8O. The van der Waals surface area contributed by atoms with Crippen molar-refractivity contribution in [3.63, 3.8) is 0 Å². The van der Waals surface area contributed by atoms with Gasteiger partial charge in [-0.05, 0) is 18.9 Å². The number of hydrogen-bond acceptors (Lipinski definition) is 5. The van der Waals surface area contributed by atoms with Gasteiger partial charge in [-0.3, -0.25) is 4.68 Å². The molecule has 3 heterocycles. The van der Waals surface area contributed by atoms with Crippen LogP contribution in [0.5, 0.6) is 0 Å². The zero-order valence-electron chi connectivity index (χ0n) is 18.2. The molecule has 0 spiro atoms. The average Bonchev–Trinajstić information content (AvgIpc) is 3.39. The van der Waals surface area contributed by atoms with Crippen molar-refractivity contribution in [2.75, 3.05) is 13.7 Å². The van der Waals surface area contributed by atoms with Crippen molar-refractivity contribution >= 4 is 5.96 Å². The second kappa shape index (κ2) is 10.2. The van der Waals surface area contributed by atoms with Crippen molar-refractivity contribution in [1.29, 1.82) is 0 Å². The second-order valence-electron chi connectivity index (χ2n) is 7.67. The third-order valence-corrected chi connectivity index (χ3v) is 5.15. The number of guanidine groups is 1. The Labute approximate surface area is 182 Å². The molecule has 0 saturated carbocycles. The number of aromatic nitrogens is 5. The highest BCUT2D eigenvalue weighted by Gasteiger charge is 2.22. The molecule has 0 saturated heterocycles. The Kier molecular flexibility index (Phi) is 6.93. The Morgan fingerprint density at radius 3 is 2.94 bits per heavy atom. The van der Waals surface area contributed by atoms with E-state index in [9.17, 15) is 0 Å². The van der Waals surface area contributed by atoms with Crippen molar-refractivity contribution in [3.05, 3.63) is 65.5 Å². The van der Waals surface area contributed by atoms with Crippen LogP contribution in [0.1, 0.15) is 36.1 Å². The van der Waals surface area contributed by atoms with Crippen molar-refractivity contribution in [2.45, 2.75) is 52.0 Å². The summed E-state index contributed by atoms with van der Waals surface area (Å²) in [5.41, 5.74) is 2.31. The van der Waals surface area contributed by atoms with E-state index in [1.165, 1.54) is 5.56 Å². The molecule has 164 valence electrons. The minimum absolute atomic E-state index is 0.253. The standard InChI is InChI=1S/C22H30N8O/c1-3-23-22(26-19-9-10-21-27-20(16-31-2)28-30(21)15-19)24-11-18-12-25-29(14-18)13-17-7-5-4-6-8-17/h4-8,12,14,19H,3,9-11,13,15-16H2,1-2H3,(H2,23,24,26). The van der Waals surface area contributed by atoms with Crippen LogP contribution in [0.25, 0.3) is 0 Å². The molecule has 1 aromatic carbocycles. The fourth-order valence-corrected chi connectivity index (χ4v) is 3.70. The summed E-state index contributed by atoms with van der Waals surface area (Å²) >= 11 is 0. The maximum atomic E-state index is 5.15. The molecule has 2 aromatic heterocycles. The normalized spacial score (nSPS) is 16.2. The zero-order valence-corrected chi connectivity index (χ0v) is 18.2. The number of ether oxygens (including phenoxy) is 1. The lowest BCUT2D eigenvalue weighted by atomic mass is 10.1. The molecule has 0 bridgehead atoms. The van der Waals surface area contributed by atoms with E-state index in [0.717, 1.165) is 55.6 Å². The van der Waals surface area contributed by atoms with Crippen LogP contribution < -0.4 is 10.6 Å². The molecular weight excluding hydrogens is 392 g/mol. The van der Waals surface area contributed by atoms with E-state index < -0.39 is 0 Å². The molecule has 2 N–H and O–H groups in total. The van der Waals surface area contributed by atoms with Crippen LogP contribution in [-0.2, 0) is 37.4 Å². The van der Waals surface area contributed by atoms with Crippen molar-refractivity contribution in [3.8, 4) is 0 Å². The summed E-state index contributed by atoms with van der Waals surface area (Å²) in [4.78, 5) is 9.31. The molecule has 9 heteroatoms. The third kappa shape index (κ3) is 5.69. The summed E-state index contributed by atoms with van der Waals surface area (Å²) in [6.45, 7) is 5.42. The Morgan fingerprint density at radius 2 is 2.13 bits per heavy atom. The summed E-state index contributed by atoms with van der Waals surface area (Å²) in [5, 5.41) is 15.9. The lowest BCUT2D eigenvalue weighted by Crippen LogP contribution is -2.47. The minimum Gasteiger partial charge on any atom is -0.377 e. The van der Waals surface area contributed by atoms with E-state index in [1.807, 2.05) is 33.8 Å². The van der Waals surface area contributed by atoms with Gasteiger partial charge in [-0.1, -0.05) is 30.3 Å². The number of fused-ring (bicyclic) bond motifs is 1. The summed E-state index contributed by atoms with van der Waals surface area (Å²) < 4.78 is 9.08. The first-order chi connectivity index (χ1) is 15.2. The predicted molar refractivity (Wildman–Crippen MR) is 119 cm³/mol. The number of hydrogen-bond donors (Lipinski definition) is 2. The van der Waals surface area contributed by atoms with Gasteiger partial charge in [-0.2, -0.15) is 10.2 Å². The summed E-state index contributed by atoms with van der Waals surface area (Å²) in [7, 11) is 1.66. The lowest BCUT2D eigenvalue weighted by molar-refractivity contribution is 0.177. The summed E-state index contributed by atoms with van der Waals surface area (Å²) in [5.74, 6) is 2.58. The molecule has 4 rings (SSSR count). The third-order valence-electron chi connectivity index (χ3n) is 5.15. The van der Waals surface area contributed by atoms with Gasteiger partial charge in [0.25, 0.3) is 0 Å². The molecule has 3 aromatic rings. The van der Waals surface area contributed by atoms with Gasteiger partial charge in [-0.15, -0.1) is 0 Å². The fourth-order valence-electron chi connectivity index (χ4n) is 3.70. The molecule has 0 amide bonds. The number of methoxy groups -OCH3 is 1. The van der Waals surface area contributed by atoms with E-state index in [0.29, 0.717) is 13.2 Å². The van der Waals surface area contributed by atoms with Crippen LogP contribution in [-0.4, -0.2) is 50.2 Å². The van der Waals surface area contributed by atoms with Gasteiger partial charge in [0.2, 0.25) is 0 Å². The molecule has 1 unspecified atom stereocenters. The molecule has 31 heavy (non-hydrogen) atoms. The number of rotatable bonds is 8. The first kappa shape index (κ1) is 21.0. The Hall–Kier alpha value is -3.20. The fraction of sp³-hybridized carbons (Fsp3) is 0.455. The lowest BCUT2D eigenvalue weighted by Gasteiger charge is -2.25. The van der Waals surface area contributed by atoms with Crippen LogP contribution in [0.4, 0.5) is 0 Å². The van der Waals surface area contributed by atoms with Crippen molar-refractivity contribution in [2.24, 2.45) is 4.99 Å². The quantitative estimate of drug-likeness (QED) is 0.424. The van der Waals surface area contributed by atoms with Gasteiger partial charge in [0.1, 0.15) is 12.4 Å². The molecule has 0 fully saturated rings. The molecule has 9 nitrogen and oxygen atoms in total. The van der Waals surface area contributed by atoms with Gasteiger partial charge < -0.3 is 15.4 Å². The largest absolute Gasteiger partial charge is 0.377 e. The van der Waals surface area contributed by atoms with E-state index in [1.54, 1.807) is 7.11 Å². The first-order valence-electron chi connectivity index (χ1n) is 10.7. The zero-order chi connectivity index (χ0) is 21.5. The van der Waals surface area contributed by atoms with Crippen molar-refractivity contribution in [1.82, 2.24) is 35.2 Å². The number of nitrogens with zero attached hydrogens (tertiary/aromatic N) is 6. The van der Waals surface area contributed by atoms with Crippen LogP contribution in [0.3, 0.4) is 0 Å². The van der Waals surface area contributed by atoms with Gasteiger partial charge >= 0.3 is 0 Å². The number of aliphatic imine (C=N–C) groups is 1. The number of aryl methyl sites for hydroxylation is 1. The predicted octanol–water partition coefficient (Wildman–Crippen LogP) is 1.74. The summed E-state index contributed by atoms with van der Waals surface area (Å²) in [6.07, 6.45) is 5.82. The monoisotopic (exact) mass is 422 g/mol. The van der Waals surface area contributed by atoms with Crippen LogP contribution in [0.2, 0.25) is 0 Å². The van der Waals surface area contributed by atoms with E-state index in [-0.39, 0.29) is 6.04 Å². The number of nitrogens with one attached hydrogen (secondary N) is 2.